The highest BCUT2D eigenvalue weighted by molar-refractivity contribution is 7.12. The Morgan fingerprint density at radius 3 is 3.37 bits per heavy atom. The van der Waals surface area contributed by atoms with Crippen LogP contribution in [0.1, 0.15) is 34.4 Å². The third kappa shape index (κ3) is 2.42. The summed E-state index contributed by atoms with van der Waals surface area (Å²) in [5.41, 5.74) is 1.14. The molecule has 0 bridgehead atoms. The van der Waals surface area contributed by atoms with E-state index in [1.807, 2.05) is 23.8 Å². The number of hydrogen-bond donors (Lipinski definition) is 1. The summed E-state index contributed by atoms with van der Waals surface area (Å²) in [6, 6.07) is 2.25. The normalized spacial score (nSPS) is 18.1. The molecule has 5 heteroatoms. The molecule has 2 aromatic heterocycles. The lowest BCUT2D eigenvalue weighted by atomic mass is 10.1. The van der Waals surface area contributed by atoms with Gasteiger partial charge in [0.15, 0.2) is 0 Å². The van der Waals surface area contributed by atoms with Gasteiger partial charge in [0.2, 0.25) is 0 Å². The van der Waals surface area contributed by atoms with E-state index >= 15 is 0 Å². The Bertz CT molecular complexity index is 587. The van der Waals surface area contributed by atoms with Crippen molar-refractivity contribution in [1.29, 1.82) is 0 Å². The first-order chi connectivity index (χ1) is 9.28. The number of nitrogens with one attached hydrogen (secondary N) is 1. The highest BCUT2D eigenvalue weighted by Crippen LogP contribution is 2.19. The van der Waals surface area contributed by atoms with Crippen molar-refractivity contribution in [2.45, 2.75) is 38.8 Å². The van der Waals surface area contributed by atoms with Gasteiger partial charge in [0, 0.05) is 31.4 Å². The Morgan fingerprint density at radius 2 is 2.53 bits per heavy atom. The predicted molar refractivity (Wildman–Crippen MR) is 75.5 cm³/mol. The Labute approximate surface area is 116 Å². The molecule has 0 aliphatic carbocycles. The lowest BCUT2D eigenvalue weighted by Gasteiger charge is -2.24. The molecule has 100 valence electrons. The molecule has 1 N–H and O–H groups in total. The molecule has 3 heterocycles. The number of carbonyl (C=O) groups excluding carboxylic acids is 1. The summed E-state index contributed by atoms with van der Waals surface area (Å²) >= 11 is 1.53. The van der Waals surface area contributed by atoms with E-state index in [2.05, 4.69) is 21.8 Å². The topological polar surface area (TPSA) is 46.9 Å². The van der Waals surface area contributed by atoms with E-state index in [1.165, 1.54) is 11.3 Å². The van der Waals surface area contributed by atoms with Crippen molar-refractivity contribution in [3.8, 4) is 0 Å². The second kappa shape index (κ2) is 5.17. The van der Waals surface area contributed by atoms with E-state index in [4.69, 9.17) is 0 Å². The second-order valence-corrected chi connectivity index (χ2v) is 5.75. The van der Waals surface area contributed by atoms with Crippen LogP contribution in [0, 0.1) is 0 Å². The molecule has 19 heavy (non-hydrogen) atoms. The molecule has 0 unspecified atom stereocenters. The van der Waals surface area contributed by atoms with Gasteiger partial charge < -0.3 is 9.88 Å². The summed E-state index contributed by atoms with van der Waals surface area (Å²) in [6.45, 7) is 2.91. The van der Waals surface area contributed by atoms with Gasteiger partial charge in [-0.3, -0.25) is 4.79 Å². The van der Waals surface area contributed by atoms with Crippen molar-refractivity contribution in [2.24, 2.45) is 0 Å². The maximum atomic E-state index is 12.3. The van der Waals surface area contributed by atoms with Crippen molar-refractivity contribution in [2.75, 3.05) is 0 Å². The lowest BCUT2D eigenvalue weighted by molar-refractivity contribution is 0.0931. The Hall–Kier alpha value is -1.62. The van der Waals surface area contributed by atoms with Crippen molar-refractivity contribution < 1.29 is 4.79 Å². The molecule has 1 aliphatic rings. The fourth-order valence-electron chi connectivity index (χ4n) is 2.55. The van der Waals surface area contributed by atoms with Crippen LogP contribution in [0.4, 0.5) is 0 Å². The van der Waals surface area contributed by atoms with Gasteiger partial charge in [-0.05, 0) is 29.9 Å². The van der Waals surface area contributed by atoms with Crippen LogP contribution in [0.5, 0.6) is 0 Å². The van der Waals surface area contributed by atoms with Crippen LogP contribution in [0.2, 0.25) is 0 Å². The average Bonchev–Trinajstić information content (AvgIpc) is 3.06. The van der Waals surface area contributed by atoms with Crippen LogP contribution in [0.3, 0.4) is 0 Å². The van der Waals surface area contributed by atoms with Gasteiger partial charge in [-0.15, -0.1) is 11.3 Å². The number of aromatic nitrogens is 2. The molecule has 4 nitrogen and oxygen atoms in total. The number of nitrogens with zero attached hydrogens (tertiary/aromatic N) is 2. The molecule has 1 aliphatic heterocycles. The van der Waals surface area contributed by atoms with Crippen molar-refractivity contribution in [3.63, 3.8) is 0 Å². The Kier molecular flexibility index (Phi) is 3.38. The maximum Gasteiger partial charge on any atom is 0.261 e. The molecule has 0 radical (unpaired) electrons. The number of aryl methyl sites for hydroxylation is 2. The molecule has 0 spiro atoms. The van der Waals surface area contributed by atoms with Gasteiger partial charge >= 0.3 is 0 Å². The molecule has 0 saturated heterocycles. The first kappa shape index (κ1) is 12.4. The van der Waals surface area contributed by atoms with Gasteiger partial charge in [0.25, 0.3) is 5.91 Å². The van der Waals surface area contributed by atoms with Crippen LogP contribution in [0.25, 0.3) is 0 Å². The highest BCUT2D eigenvalue weighted by Gasteiger charge is 2.22. The number of rotatable bonds is 3. The number of carbonyl (C=O) groups is 1. The largest absolute Gasteiger partial charge is 0.347 e. The van der Waals surface area contributed by atoms with Gasteiger partial charge in [-0.1, -0.05) is 6.92 Å². The van der Waals surface area contributed by atoms with Gasteiger partial charge in [-0.25, -0.2) is 4.98 Å². The van der Waals surface area contributed by atoms with Gasteiger partial charge in [-0.2, -0.15) is 0 Å². The molecule has 1 amide bonds. The van der Waals surface area contributed by atoms with Crippen LogP contribution in [-0.4, -0.2) is 21.5 Å². The molecule has 3 rings (SSSR count). The second-order valence-electron chi connectivity index (χ2n) is 4.83. The Balaban J connectivity index is 1.68. The van der Waals surface area contributed by atoms with Crippen molar-refractivity contribution in [1.82, 2.24) is 14.9 Å². The van der Waals surface area contributed by atoms with E-state index in [9.17, 15) is 4.79 Å². The SMILES string of the molecule is CCc1ccsc1C(=O)N[C@@H]1CCc2nccn2C1. The highest BCUT2D eigenvalue weighted by atomic mass is 32.1. The van der Waals surface area contributed by atoms with E-state index in [-0.39, 0.29) is 11.9 Å². The fraction of sp³-hybridized carbons (Fsp3) is 0.429. The first-order valence-corrected chi connectivity index (χ1v) is 7.53. The minimum atomic E-state index is 0.0698. The molecular weight excluding hydrogens is 258 g/mol. The van der Waals surface area contributed by atoms with Crippen LogP contribution >= 0.6 is 11.3 Å². The molecular formula is C14H17N3OS. The number of amides is 1. The summed E-state index contributed by atoms with van der Waals surface area (Å²) in [5, 5.41) is 5.14. The lowest BCUT2D eigenvalue weighted by Crippen LogP contribution is -2.40. The molecule has 1 atom stereocenters. The van der Waals surface area contributed by atoms with Crippen molar-refractivity contribution in [3.05, 3.63) is 40.1 Å². The minimum Gasteiger partial charge on any atom is -0.347 e. The zero-order valence-corrected chi connectivity index (χ0v) is 11.7. The van der Waals surface area contributed by atoms with Crippen LogP contribution in [0.15, 0.2) is 23.8 Å². The number of fused-ring (bicyclic) bond motifs is 1. The Morgan fingerprint density at radius 1 is 1.63 bits per heavy atom. The fourth-order valence-corrected chi connectivity index (χ4v) is 3.45. The standard InChI is InChI=1S/C14H17N3OS/c1-2-10-5-8-19-13(10)14(18)16-11-3-4-12-15-6-7-17(12)9-11/h5-8,11H,2-4,9H2,1H3,(H,16,18)/t11-/m1/s1. The minimum absolute atomic E-state index is 0.0698. The number of hydrogen-bond acceptors (Lipinski definition) is 3. The zero-order valence-electron chi connectivity index (χ0n) is 10.9. The predicted octanol–water partition coefficient (Wildman–Crippen LogP) is 2.25. The monoisotopic (exact) mass is 275 g/mol. The van der Waals surface area contributed by atoms with Crippen LogP contribution < -0.4 is 5.32 Å². The summed E-state index contributed by atoms with van der Waals surface area (Å²) in [7, 11) is 0. The van der Waals surface area contributed by atoms with E-state index < -0.39 is 0 Å². The van der Waals surface area contributed by atoms with E-state index in [0.717, 1.165) is 42.1 Å². The summed E-state index contributed by atoms with van der Waals surface area (Å²) in [5.74, 6) is 1.19. The first-order valence-electron chi connectivity index (χ1n) is 6.65. The third-order valence-electron chi connectivity index (χ3n) is 3.60. The average molecular weight is 275 g/mol. The van der Waals surface area contributed by atoms with Gasteiger partial charge in [0.05, 0.1) is 4.88 Å². The third-order valence-corrected chi connectivity index (χ3v) is 4.56. The molecule has 0 saturated carbocycles. The summed E-state index contributed by atoms with van der Waals surface area (Å²) in [4.78, 5) is 17.4. The number of imidazole rings is 1. The van der Waals surface area contributed by atoms with Gasteiger partial charge in [0.1, 0.15) is 5.82 Å². The van der Waals surface area contributed by atoms with E-state index in [1.54, 1.807) is 0 Å². The van der Waals surface area contributed by atoms with E-state index in [0.29, 0.717) is 0 Å². The quantitative estimate of drug-likeness (QED) is 0.934. The number of thiophene rings is 1. The maximum absolute atomic E-state index is 12.3. The molecule has 0 fully saturated rings. The zero-order chi connectivity index (χ0) is 13.2. The van der Waals surface area contributed by atoms with Crippen molar-refractivity contribution >= 4 is 17.2 Å². The molecule has 2 aromatic rings. The summed E-state index contributed by atoms with van der Waals surface area (Å²) < 4.78 is 2.13. The smallest absolute Gasteiger partial charge is 0.261 e. The van der Waals surface area contributed by atoms with Crippen LogP contribution in [-0.2, 0) is 19.4 Å². The summed E-state index contributed by atoms with van der Waals surface area (Å²) in [6.07, 6.45) is 6.62. The molecule has 0 aromatic carbocycles.